The summed E-state index contributed by atoms with van der Waals surface area (Å²) in [6, 6.07) is 0. The lowest BCUT2D eigenvalue weighted by Crippen LogP contribution is -2.35. The molecule has 0 aromatic rings. The Balaban J connectivity index is 1.76. The van der Waals surface area contributed by atoms with Crippen molar-refractivity contribution in [2.75, 3.05) is 13.1 Å². The normalized spacial score (nSPS) is 40.9. The van der Waals surface area contributed by atoms with Gasteiger partial charge in [-0.25, -0.2) is 4.79 Å². The van der Waals surface area contributed by atoms with Gasteiger partial charge in [0.2, 0.25) is 0 Å². The first-order chi connectivity index (χ1) is 7.16. The standard InChI is InChI=1S/C11H13NO3/c13-10(11(14)15)12-4-8-6-1-2-7(3-6)9(8)5-12/h1-2,6-9H,3-5H2,(H,14,15)/t6?,7?,8-,9+. The van der Waals surface area contributed by atoms with Crippen LogP contribution in [0.3, 0.4) is 0 Å². The predicted octanol–water partition coefficient (Wildman–Crippen LogP) is 0.352. The third-order valence-electron chi connectivity index (χ3n) is 4.13. The highest BCUT2D eigenvalue weighted by Gasteiger charge is 2.50. The van der Waals surface area contributed by atoms with Gasteiger partial charge in [-0.3, -0.25) is 4.79 Å². The van der Waals surface area contributed by atoms with E-state index in [2.05, 4.69) is 12.2 Å². The van der Waals surface area contributed by atoms with Gasteiger partial charge in [-0.1, -0.05) is 12.2 Å². The lowest BCUT2D eigenvalue weighted by atomic mass is 9.86. The molecule has 1 N–H and O–H groups in total. The fourth-order valence-electron chi connectivity index (χ4n) is 3.45. The molecule has 0 aromatic heterocycles. The molecule has 0 spiro atoms. The van der Waals surface area contributed by atoms with Crippen LogP contribution in [0, 0.1) is 23.7 Å². The van der Waals surface area contributed by atoms with Crippen molar-refractivity contribution >= 4 is 11.9 Å². The maximum Gasteiger partial charge on any atom is 0.394 e. The summed E-state index contributed by atoms with van der Waals surface area (Å²) in [6.45, 7) is 1.28. The number of fused-ring (bicyclic) bond motifs is 5. The van der Waals surface area contributed by atoms with Crippen molar-refractivity contribution in [3.63, 3.8) is 0 Å². The summed E-state index contributed by atoms with van der Waals surface area (Å²) in [5.41, 5.74) is 0. The fourth-order valence-corrected chi connectivity index (χ4v) is 3.45. The Morgan fingerprint density at radius 1 is 1.13 bits per heavy atom. The molecule has 1 amide bonds. The number of amides is 1. The zero-order chi connectivity index (χ0) is 10.6. The maximum absolute atomic E-state index is 11.3. The van der Waals surface area contributed by atoms with Crippen molar-refractivity contribution in [1.29, 1.82) is 0 Å². The number of carbonyl (C=O) groups is 2. The quantitative estimate of drug-likeness (QED) is 0.460. The van der Waals surface area contributed by atoms with Crippen LogP contribution in [0.5, 0.6) is 0 Å². The second-order valence-electron chi connectivity index (χ2n) is 4.79. The zero-order valence-electron chi connectivity index (χ0n) is 8.30. The van der Waals surface area contributed by atoms with Crippen molar-refractivity contribution in [1.82, 2.24) is 4.90 Å². The van der Waals surface area contributed by atoms with Gasteiger partial charge in [0.25, 0.3) is 0 Å². The number of carboxylic acids is 1. The van der Waals surface area contributed by atoms with Crippen LogP contribution in [0.1, 0.15) is 6.42 Å². The molecule has 2 bridgehead atoms. The zero-order valence-corrected chi connectivity index (χ0v) is 8.30. The minimum absolute atomic E-state index is 0.517. The fraction of sp³-hybridized carbons (Fsp3) is 0.636. The summed E-state index contributed by atoms with van der Waals surface area (Å²) >= 11 is 0. The van der Waals surface area contributed by atoms with Gasteiger partial charge in [0, 0.05) is 13.1 Å². The Morgan fingerprint density at radius 3 is 2.13 bits per heavy atom. The molecule has 1 saturated heterocycles. The molecule has 1 aliphatic heterocycles. The Kier molecular flexibility index (Phi) is 1.69. The number of hydrogen-bond acceptors (Lipinski definition) is 2. The summed E-state index contributed by atoms with van der Waals surface area (Å²) in [7, 11) is 0. The SMILES string of the molecule is O=C(O)C(=O)N1C[C@@H]2C3C=CC(C3)[C@@H]2C1. The Hall–Kier alpha value is -1.32. The number of likely N-dealkylation sites (tertiary alicyclic amines) is 1. The minimum Gasteiger partial charge on any atom is -0.474 e. The van der Waals surface area contributed by atoms with E-state index in [0.29, 0.717) is 36.8 Å². The Labute approximate surface area is 87.6 Å². The number of nitrogens with zero attached hydrogens (tertiary/aromatic N) is 1. The van der Waals surface area contributed by atoms with Crippen LogP contribution in [-0.4, -0.2) is 35.0 Å². The number of carbonyl (C=O) groups excluding carboxylic acids is 1. The Bertz CT molecular complexity index is 343. The number of hydrogen-bond donors (Lipinski definition) is 1. The molecule has 1 heterocycles. The third kappa shape index (κ3) is 1.14. The summed E-state index contributed by atoms with van der Waals surface area (Å²) in [5, 5.41) is 8.65. The molecule has 0 aromatic carbocycles. The van der Waals surface area contributed by atoms with Gasteiger partial charge in [-0.2, -0.15) is 0 Å². The van der Waals surface area contributed by atoms with Gasteiger partial charge >= 0.3 is 11.9 Å². The van der Waals surface area contributed by atoms with Crippen molar-refractivity contribution in [2.45, 2.75) is 6.42 Å². The van der Waals surface area contributed by atoms with Crippen LogP contribution in [0.15, 0.2) is 12.2 Å². The largest absolute Gasteiger partial charge is 0.474 e. The second kappa shape index (κ2) is 2.84. The van der Waals surface area contributed by atoms with Crippen LogP contribution in [0.2, 0.25) is 0 Å². The lowest BCUT2D eigenvalue weighted by molar-refractivity contribution is -0.155. The molecular formula is C11H13NO3. The van der Waals surface area contributed by atoms with E-state index in [4.69, 9.17) is 5.11 Å². The van der Waals surface area contributed by atoms with E-state index in [1.807, 2.05) is 0 Å². The van der Waals surface area contributed by atoms with Crippen molar-refractivity contribution in [3.05, 3.63) is 12.2 Å². The maximum atomic E-state index is 11.3. The van der Waals surface area contributed by atoms with Gasteiger partial charge in [-0.05, 0) is 30.1 Å². The van der Waals surface area contributed by atoms with Crippen LogP contribution >= 0.6 is 0 Å². The van der Waals surface area contributed by atoms with E-state index in [1.54, 1.807) is 0 Å². The van der Waals surface area contributed by atoms with E-state index < -0.39 is 11.9 Å². The van der Waals surface area contributed by atoms with Crippen LogP contribution in [0.4, 0.5) is 0 Å². The molecule has 3 rings (SSSR count). The molecule has 2 aliphatic carbocycles. The predicted molar refractivity (Wildman–Crippen MR) is 51.9 cm³/mol. The third-order valence-corrected chi connectivity index (χ3v) is 4.13. The van der Waals surface area contributed by atoms with Crippen LogP contribution in [-0.2, 0) is 9.59 Å². The van der Waals surface area contributed by atoms with E-state index in [9.17, 15) is 9.59 Å². The van der Waals surface area contributed by atoms with Crippen LogP contribution < -0.4 is 0 Å². The molecule has 4 heteroatoms. The molecule has 1 saturated carbocycles. The van der Waals surface area contributed by atoms with E-state index in [-0.39, 0.29) is 0 Å². The molecule has 4 atom stereocenters. The van der Waals surface area contributed by atoms with Gasteiger partial charge in [0.15, 0.2) is 0 Å². The molecule has 80 valence electrons. The number of carboxylic acid groups (broad SMARTS) is 1. The first-order valence-electron chi connectivity index (χ1n) is 5.37. The van der Waals surface area contributed by atoms with Gasteiger partial charge in [0.1, 0.15) is 0 Å². The van der Waals surface area contributed by atoms with Gasteiger partial charge in [-0.15, -0.1) is 0 Å². The average Bonchev–Trinajstić information content (AvgIpc) is 2.87. The molecule has 15 heavy (non-hydrogen) atoms. The van der Waals surface area contributed by atoms with Crippen molar-refractivity contribution in [3.8, 4) is 0 Å². The van der Waals surface area contributed by atoms with E-state index in [0.717, 1.165) is 0 Å². The molecule has 3 aliphatic rings. The minimum atomic E-state index is -1.32. The lowest BCUT2D eigenvalue weighted by Gasteiger charge is -2.17. The van der Waals surface area contributed by atoms with Crippen molar-refractivity contribution in [2.24, 2.45) is 23.7 Å². The second-order valence-corrected chi connectivity index (χ2v) is 4.79. The van der Waals surface area contributed by atoms with Crippen LogP contribution in [0.25, 0.3) is 0 Å². The molecule has 4 nitrogen and oxygen atoms in total. The number of aliphatic carboxylic acids is 1. The molecule has 0 radical (unpaired) electrons. The molecule has 2 unspecified atom stereocenters. The smallest absolute Gasteiger partial charge is 0.394 e. The average molecular weight is 207 g/mol. The highest BCUT2D eigenvalue weighted by Crippen LogP contribution is 2.51. The Morgan fingerprint density at radius 2 is 1.67 bits per heavy atom. The van der Waals surface area contributed by atoms with Gasteiger partial charge in [0.05, 0.1) is 0 Å². The van der Waals surface area contributed by atoms with E-state index in [1.165, 1.54) is 11.3 Å². The number of rotatable bonds is 0. The molecular weight excluding hydrogens is 194 g/mol. The highest BCUT2D eigenvalue weighted by molar-refractivity contribution is 6.31. The number of allylic oxidation sites excluding steroid dienone is 2. The van der Waals surface area contributed by atoms with Gasteiger partial charge < -0.3 is 10.0 Å². The first kappa shape index (κ1) is 8.95. The topological polar surface area (TPSA) is 57.6 Å². The summed E-state index contributed by atoms with van der Waals surface area (Å²) in [4.78, 5) is 23.4. The molecule has 2 fully saturated rings. The first-order valence-corrected chi connectivity index (χ1v) is 5.37. The highest BCUT2D eigenvalue weighted by atomic mass is 16.4. The summed E-state index contributed by atoms with van der Waals surface area (Å²) in [5.74, 6) is 0.156. The monoisotopic (exact) mass is 207 g/mol. The van der Waals surface area contributed by atoms with Crippen molar-refractivity contribution < 1.29 is 14.7 Å². The van der Waals surface area contributed by atoms with E-state index >= 15 is 0 Å². The summed E-state index contributed by atoms with van der Waals surface area (Å²) in [6.07, 6.45) is 5.69. The summed E-state index contributed by atoms with van der Waals surface area (Å²) < 4.78 is 0.